The fourth-order valence-corrected chi connectivity index (χ4v) is 5.68. The Morgan fingerprint density at radius 2 is 2.00 bits per heavy atom. The number of aromatic nitrogens is 2. The van der Waals surface area contributed by atoms with E-state index in [-0.39, 0.29) is 5.25 Å². The minimum absolute atomic E-state index is 0.260. The molecule has 1 aliphatic rings. The molecule has 0 N–H and O–H groups in total. The van der Waals surface area contributed by atoms with Crippen molar-refractivity contribution in [1.82, 2.24) is 14.5 Å². The van der Waals surface area contributed by atoms with Crippen molar-refractivity contribution in [1.29, 1.82) is 0 Å². The number of unbranched alkanes of at least 4 members (excludes halogenated alkanes) is 1. The average Bonchev–Trinajstić information content (AvgIpc) is 3.03. The maximum absolute atomic E-state index is 13.2. The lowest BCUT2D eigenvalue weighted by Gasteiger charge is -2.24. The van der Waals surface area contributed by atoms with E-state index in [1.54, 1.807) is 6.20 Å². The third kappa shape index (κ3) is 5.19. The second-order valence-electron chi connectivity index (χ2n) is 7.60. The van der Waals surface area contributed by atoms with Gasteiger partial charge in [-0.15, -0.1) is 0 Å². The van der Waals surface area contributed by atoms with Crippen molar-refractivity contribution >= 4 is 9.84 Å². The molecule has 0 aromatic carbocycles. The van der Waals surface area contributed by atoms with Gasteiger partial charge in [0.15, 0.2) is 0 Å². The largest absolute Gasteiger partial charge is 0.318 e. The zero-order valence-electron chi connectivity index (χ0n) is 16.7. The fraction of sp³-hybridized carbons (Fsp3) is 0.750. The van der Waals surface area contributed by atoms with Gasteiger partial charge in [0.1, 0.15) is 0 Å². The Morgan fingerprint density at radius 1 is 1.31 bits per heavy atom. The van der Waals surface area contributed by atoms with E-state index in [1.807, 2.05) is 11.5 Å². The molecule has 1 heterocycles. The van der Waals surface area contributed by atoms with Gasteiger partial charge in [0.25, 0.3) is 0 Å². The van der Waals surface area contributed by atoms with Gasteiger partial charge < -0.3 is 4.57 Å². The van der Waals surface area contributed by atoms with E-state index in [0.29, 0.717) is 11.7 Å². The quantitative estimate of drug-likeness (QED) is 0.570. The summed E-state index contributed by atoms with van der Waals surface area (Å²) in [6, 6.07) is 0. The third-order valence-electron chi connectivity index (χ3n) is 5.21. The molecule has 0 amide bonds. The van der Waals surface area contributed by atoms with Crippen LogP contribution in [0.25, 0.3) is 0 Å². The van der Waals surface area contributed by atoms with Gasteiger partial charge in [-0.05, 0) is 32.7 Å². The average molecular weight is 382 g/mol. The topological polar surface area (TPSA) is 55.2 Å². The van der Waals surface area contributed by atoms with Gasteiger partial charge in [0.2, 0.25) is 15.0 Å². The highest BCUT2D eigenvalue weighted by Gasteiger charge is 2.33. The minimum Gasteiger partial charge on any atom is -0.318 e. The number of sulfone groups is 1. The monoisotopic (exact) mass is 381 g/mol. The van der Waals surface area contributed by atoms with Crippen LogP contribution in [0.1, 0.15) is 71.4 Å². The zero-order valence-corrected chi connectivity index (χ0v) is 17.5. The molecule has 0 spiro atoms. The Kier molecular flexibility index (Phi) is 7.89. The van der Waals surface area contributed by atoms with Crippen molar-refractivity contribution < 1.29 is 8.42 Å². The van der Waals surface area contributed by atoms with Gasteiger partial charge in [-0.25, -0.2) is 13.4 Å². The highest BCUT2D eigenvalue weighted by molar-refractivity contribution is 7.91. The van der Waals surface area contributed by atoms with E-state index in [9.17, 15) is 8.42 Å². The number of hydrogen-bond donors (Lipinski definition) is 0. The predicted octanol–water partition coefficient (Wildman–Crippen LogP) is 4.19. The highest BCUT2D eigenvalue weighted by atomic mass is 32.2. The molecule has 0 saturated heterocycles. The molecule has 0 atom stereocenters. The summed E-state index contributed by atoms with van der Waals surface area (Å²) < 4.78 is 28.4. The van der Waals surface area contributed by atoms with Crippen LogP contribution in [-0.2, 0) is 22.9 Å². The predicted molar refractivity (Wildman–Crippen MR) is 107 cm³/mol. The van der Waals surface area contributed by atoms with Crippen LogP contribution in [-0.4, -0.2) is 41.2 Å². The molecule has 1 aromatic heterocycles. The van der Waals surface area contributed by atoms with Gasteiger partial charge >= 0.3 is 0 Å². The van der Waals surface area contributed by atoms with Gasteiger partial charge in [-0.2, -0.15) is 0 Å². The van der Waals surface area contributed by atoms with Gasteiger partial charge in [0, 0.05) is 19.6 Å². The van der Waals surface area contributed by atoms with Gasteiger partial charge in [-0.3, -0.25) is 4.90 Å². The summed E-state index contributed by atoms with van der Waals surface area (Å²) in [5.74, 6) is 0. The SMILES string of the molecule is C=C(C)CN(CC)Cc1cnc(S(=O)(=O)C2CCCCC2)n1CCCC. The summed E-state index contributed by atoms with van der Waals surface area (Å²) in [4.78, 5) is 6.68. The van der Waals surface area contributed by atoms with E-state index in [1.165, 1.54) is 0 Å². The van der Waals surface area contributed by atoms with Crippen LogP contribution in [0, 0.1) is 0 Å². The molecule has 1 aromatic rings. The first-order chi connectivity index (χ1) is 12.4. The molecule has 6 heteroatoms. The summed E-state index contributed by atoms with van der Waals surface area (Å²) in [5, 5.41) is 0.0313. The number of likely N-dealkylation sites (N-methyl/N-ethyl adjacent to an activating group) is 1. The molecule has 5 nitrogen and oxygen atoms in total. The minimum atomic E-state index is -3.35. The summed E-state index contributed by atoms with van der Waals surface area (Å²) in [6.45, 7) is 13.4. The lowest BCUT2D eigenvalue weighted by molar-refractivity contribution is 0.293. The van der Waals surface area contributed by atoms with Gasteiger partial charge in [0.05, 0.1) is 17.1 Å². The first kappa shape index (κ1) is 21.2. The number of rotatable bonds is 10. The Hall–Kier alpha value is -1.14. The van der Waals surface area contributed by atoms with E-state index in [0.717, 1.165) is 75.8 Å². The van der Waals surface area contributed by atoms with Crippen LogP contribution in [0.5, 0.6) is 0 Å². The third-order valence-corrected chi connectivity index (χ3v) is 7.39. The normalized spacial score (nSPS) is 16.3. The zero-order chi connectivity index (χ0) is 19.2. The highest BCUT2D eigenvalue weighted by Crippen LogP contribution is 2.29. The molecular weight excluding hydrogens is 346 g/mol. The van der Waals surface area contributed by atoms with Crippen LogP contribution in [0.4, 0.5) is 0 Å². The molecule has 0 aliphatic heterocycles. The molecule has 0 radical (unpaired) electrons. The van der Waals surface area contributed by atoms with Crippen LogP contribution in [0.3, 0.4) is 0 Å². The smallest absolute Gasteiger partial charge is 0.228 e. The van der Waals surface area contributed by atoms with Crippen molar-refractivity contribution in [2.45, 2.75) is 89.2 Å². The molecule has 1 aliphatic carbocycles. The van der Waals surface area contributed by atoms with Crippen molar-refractivity contribution in [3.8, 4) is 0 Å². The first-order valence-electron chi connectivity index (χ1n) is 10.0. The molecule has 1 saturated carbocycles. The van der Waals surface area contributed by atoms with Gasteiger partial charge in [-0.1, -0.05) is 51.7 Å². The fourth-order valence-electron chi connectivity index (χ4n) is 3.72. The van der Waals surface area contributed by atoms with E-state index in [2.05, 4.69) is 30.3 Å². The van der Waals surface area contributed by atoms with Crippen molar-refractivity contribution in [2.24, 2.45) is 0 Å². The second-order valence-corrected chi connectivity index (χ2v) is 9.72. The van der Waals surface area contributed by atoms with Crippen molar-refractivity contribution in [3.05, 3.63) is 24.0 Å². The van der Waals surface area contributed by atoms with Crippen LogP contribution in [0.2, 0.25) is 0 Å². The molecule has 2 rings (SSSR count). The van der Waals surface area contributed by atoms with Crippen LogP contribution in [0.15, 0.2) is 23.5 Å². The number of imidazole rings is 1. The molecule has 148 valence electrons. The summed E-state index contributed by atoms with van der Waals surface area (Å²) in [6.07, 6.45) is 8.47. The van der Waals surface area contributed by atoms with E-state index in [4.69, 9.17) is 0 Å². The molecule has 26 heavy (non-hydrogen) atoms. The number of nitrogens with zero attached hydrogens (tertiary/aromatic N) is 3. The Bertz CT molecular complexity index is 688. The molecular formula is C20H35N3O2S. The number of hydrogen-bond acceptors (Lipinski definition) is 4. The molecule has 0 bridgehead atoms. The Balaban J connectivity index is 2.31. The first-order valence-corrected chi connectivity index (χ1v) is 11.6. The lowest BCUT2D eigenvalue weighted by Crippen LogP contribution is -2.29. The second kappa shape index (κ2) is 9.70. The molecule has 0 unspecified atom stereocenters. The standard InChI is InChI=1S/C20H35N3O2S/c1-5-7-13-23-18(16-22(6-2)15-17(3)4)14-21-20(23)26(24,25)19-11-9-8-10-12-19/h14,19H,3,5-13,15-16H2,1-2,4H3. The summed E-state index contributed by atoms with van der Waals surface area (Å²) in [5.41, 5.74) is 2.11. The van der Waals surface area contributed by atoms with Crippen LogP contribution >= 0.6 is 0 Å². The molecule has 1 fully saturated rings. The summed E-state index contributed by atoms with van der Waals surface area (Å²) >= 11 is 0. The Morgan fingerprint density at radius 3 is 2.58 bits per heavy atom. The summed E-state index contributed by atoms with van der Waals surface area (Å²) in [7, 11) is -3.35. The maximum Gasteiger partial charge on any atom is 0.228 e. The van der Waals surface area contributed by atoms with Crippen molar-refractivity contribution in [3.63, 3.8) is 0 Å². The van der Waals surface area contributed by atoms with Crippen molar-refractivity contribution in [2.75, 3.05) is 13.1 Å². The maximum atomic E-state index is 13.2. The van der Waals surface area contributed by atoms with E-state index >= 15 is 0 Å². The van der Waals surface area contributed by atoms with Crippen LogP contribution < -0.4 is 0 Å². The van der Waals surface area contributed by atoms with E-state index < -0.39 is 9.84 Å². The Labute approximate surface area is 159 Å². The lowest BCUT2D eigenvalue weighted by atomic mass is 10.0.